The molecule has 2 rings (SSSR count). The van der Waals surface area contributed by atoms with Crippen LogP contribution < -0.4 is 0 Å². The molecule has 0 fully saturated rings. The molecule has 1 aliphatic carbocycles. The van der Waals surface area contributed by atoms with Crippen LogP contribution in [0.2, 0.25) is 0 Å². The van der Waals surface area contributed by atoms with Gasteiger partial charge in [-0.15, -0.1) is 0 Å². The van der Waals surface area contributed by atoms with Gasteiger partial charge in [-0.25, -0.2) is 4.39 Å². The SMILES string of the molecule is Fc1ccc2c(c1)C2. The third-order valence-corrected chi connectivity index (χ3v) is 1.42. The van der Waals surface area contributed by atoms with E-state index in [-0.39, 0.29) is 5.82 Å². The van der Waals surface area contributed by atoms with Crippen molar-refractivity contribution >= 4 is 0 Å². The van der Waals surface area contributed by atoms with E-state index >= 15 is 0 Å². The predicted molar refractivity (Wildman–Crippen MR) is 29.2 cm³/mol. The minimum atomic E-state index is -0.110. The molecule has 0 N–H and O–H groups in total. The van der Waals surface area contributed by atoms with Crippen LogP contribution in [0.5, 0.6) is 0 Å². The summed E-state index contributed by atoms with van der Waals surface area (Å²) in [6.07, 6.45) is 1.00. The number of hydrogen-bond acceptors (Lipinski definition) is 0. The highest BCUT2D eigenvalue weighted by Gasteiger charge is 2.15. The molecule has 1 aromatic rings. The van der Waals surface area contributed by atoms with Crippen molar-refractivity contribution in [3.8, 4) is 0 Å². The van der Waals surface area contributed by atoms with Crippen LogP contribution in [0.4, 0.5) is 4.39 Å². The summed E-state index contributed by atoms with van der Waals surface area (Å²) in [6, 6.07) is 4.94. The number of rotatable bonds is 0. The number of fused-ring (bicyclic) bond motifs is 1. The molecule has 0 atom stereocenters. The van der Waals surface area contributed by atoms with E-state index in [0.717, 1.165) is 6.42 Å². The molecular formula is C7H5F. The summed E-state index contributed by atoms with van der Waals surface area (Å²) in [5.74, 6) is -0.110. The Morgan fingerprint density at radius 1 is 1.25 bits per heavy atom. The monoisotopic (exact) mass is 108 g/mol. The molecule has 1 heteroatoms. The van der Waals surface area contributed by atoms with Crippen molar-refractivity contribution in [1.82, 2.24) is 0 Å². The lowest BCUT2D eigenvalue weighted by molar-refractivity contribution is 0.628. The molecule has 40 valence electrons. The molecule has 0 aromatic heterocycles. The molecule has 0 amide bonds. The van der Waals surface area contributed by atoms with Crippen LogP contribution in [0.1, 0.15) is 11.1 Å². The lowest BCUT2D eigenvalue weighted by Crippen LogP contribution is -1.64. The van der Waals surface area contributed by atoms with Crippen molar-refractivity contribution in [2.24, 2.45) is 0 Å². The van der Waals surface area contributed by atoms with Crippen LogP contribution in [0.25, 0.3) is 0 Å². The molecule has 0 bridgehead atoms. The minimum Gasteiger partial charge on any atom is -0.207 e. The molecule has 8 heavy (non-hydrogen) atoms. The zero-order chi connectivity index (χ0) is 5.56. The maximum Gasteiger partial charge on any atom is 0.123 e. The van der Waals surface area contributed by atoms with Crippen LogP contribution in [-0.4, -0.2) is 0 Å². The van der Waals surface area contributed by atoms with Gasteiger partial charge >= 0.3 is 0 Å². The fourth-order valence-electron chi connectivity index (χ4n) is 0.865. The van der Waals surface area contributed by atoms with E-state index in [1.54, 1.807) is 6.07 Å². The summed E-state index contributed by atoms with van der Waals surface area (Å²) in [5.41, 5.74) is 2.47. The van der Waals surface area contributed by atoms with Crippen molar-refractivity contribution in [2.45, 2.75) is 6.42 Å². The topological polar surface area (TPSA) is 0 Å². The molecular weight excluding hydrogens is 103 g/mol. The Labute approximate surface area is 47.0 Å². The highest BCUT2D eigenvalue weighted by Crippen LogP contribution is 2.27. The van der Waals surface area contributed by atoms with E-state index in [1.807, 2.05) is 6.07 Å². The van der Waals surface area contributed by atoms with Crippen molar-refractivity contribution in [1.29, 1.82) is 0 Å². The fraction of sp³-hybridized carbons (Fsp3) is 0.143. The Kier molecular flexibility index (Phi) is 0.562. The number of halogens is 1. The first kappa shape index (κ1) is 4.07. The third kappa shape index (κ3) is 0.443. The lowest BCUT2D eigenvalue weighted by atomic mass is 10.4. The summed E-state index contributed by atoms with van der Waals surface area (Å²) in [7, 11) is 0. The van der Waals surface area contributed by atoms with Crippen molar-refractivity contribution in [3.05, 3.63) is 35.1 Å². The molecule has 0 unspecified atom stereocenters. The average Bonchev–Trinajstić information content (AvgIpc) is 2.43. The van der Waals surface area contributed by atoms with E-state index in [1.165, 1.54) is 17.2 Å². The second-order valence-electron chi connectivity index (χ2n) is 2.09. The van der Waals surface area contributed by atoms with Gasteiger partial charge < -0.3 is 0 Å². The van der Waals surface area contributed by atoms with Crippen molar-refractivity contribution in [2.75, 3.05) is 0 Å². The first-order valence-electron chi connectivity index (χ1n) is 2.63. The van der Waals surface area contributed by atoms with Gasteiger partial charge in [-0.3, -0.25) is 0 Å². The lowest BCUT2D eigenvalue weighted by Gasteiger charge is -1.77. The zero-order valence-electron chi connectivity index (χ0n) is 4.32. The van der Waals surface area contributed by atoms with Gasteiger partial charge in [-0.05, 0) is 29.7 Å². The second kappa shape index (κ2) is 1.10. The first-order chi connectivity index (χ1) is 3.86. The molecule has 1 aromatic carbocycles. The Bertz CT molecular complexity index is 227. The summed E-state index contributed by atoms with van der Waals surface area (Å²) in [5, 5.41) is 0. The highest BCUT2D eigenvalue weighted by atomic mass is 19.1. The van der Waals surface area contributed by atoms with Crippen molar-refractivity contribution < 1.29 is 4.39 Å². The predicted octanol–water partition coefficient (Wildman–Crippen LogP) is 1.73. The van der Waals surface area contributed by atoms with E-state index in [9.17, 15) is 4.39 Å². The molecule has 0 saturated carbocycles. The van der Waals surface area contributed by atoms with E-state index in [4.69, 9.17) is 0 Å². The van der Waals surface area contributed by atoms with Gasteiger partial charge in [0.1, 0.15) is 5.82 Å². The molecule has 1 aliphatic rings. The van der Waals surface area contributed by atoms with Gasteiger partial charge in [0.05, 0.1) is 0 Å². The minimum absolute atomic E-state index is 0.110. The molecule has 0 heterocycles. The van der Waals surface area contributed by atoms with Crippen LogP contribution >= 0.6 is 0 Å². The molecule has 0 spiro atoms. The Hall–Kier alpha value is -0.850. The highest BCUT2D eigenvalue weighted by molar-refractivity contribution is 5.44. The Morgan fingerprint density at radius 2 is 2.12 bits per heavy atom. The molecule has 0 nitrogen and oxygen atoms in total. The standard InChI is InChI=1S/C7H5F/c8-7-2-1-5-3-6(5)4-7/h1-2,4H,3H2. The van der Waals surface area contributed by atoms with Gasteiger partial charge in [-0.2, -0.15) is 0 Å². The van der Waals surface area contributed by atoms with E-state index in [2.05, 4.69) is 0 Å². The largest absolute Gasteiger partial charge is 0.207 e. The zero-order valence-corrected chi connectivity index (χ0v) is 4.32. The van der Waals surface area contributed by atoms with Crippen molar-refractivity contribution in [3.63, 3.8) is 0 Å². The summed E-state index contributed by atoms with van der Waals surface area (Å²) in [6.45, 7) is 0. The van der Waals surface area contributed by atoms with Crippen LogP contribution in [0, 0.1) is 5.82 Å². The van der Waals surface area contributed by atoms with E-state index < -0.39 is 0 Å². The quantitative estimate of drug-likeness (QED) is 0.482. The Morgan fingerprint density at radius 3 is 2.75 bits per heavy atom. The smallest absolute Gasteiger partial charge is 0.123 e. The fourth-order valence-corrected chi connectivity index (χ4v) is 0.865. The summed E-state index contributed by atoms with van der Waals surface area (Å²) < 4.78 is 12.2. The summed E-state index contributed by atoms with van der Waals surface area (Å²) in [4.78, 5) is 0. The van der Waals surface area contributed by atoms with Gasteiger partial charge in [-0.1, -0.05) is 6.07 Å². The maximum absolute atomic E-state index is 12.2. The molecule has 0 radical (unpaired) electrons. The molecule has 0 aliphatic heterocycles. The van der Waals surface area contributed by atoms with Gasteiger partial charge in [0.25, 0.3) is 0 Å². The van der Waals surface area contributed by atoms with Gasteiger partial charge in [0.2, 0.25) is 0 Å². The number of benzene rings is 1. The van der Waals surface area contributed by atoms with Crippen LogP contribution in [0.15, 0.2) is 18.2 Å². The number of hydrogen-bond donors (Lipinski definition) is 0. The van der Waals surface area contributed by atoms with Gasteiger partial charge in [0.15, 0.2) is 0 Å². The van der Waals surface area contributed by atoms with Crippen LogP contribution in [-0.2, 0) is 6.42 Å². The average molecular weight is 108 g/mol. The maximum atomic E-state index is 12.2. The second-order valence-corrected chi connectivity index (χ2v) is 2.09. The normalized spacial score (nSPS) is 13.1. The molecule has 0 saturated heterocycles. The third-order valence-electron chi connectivity index (χ3n) is 1.42. The van der Waals surface area contributed by atoms with E-state index in [0.29, 0.717) is 0 Å². The van der Waals surface area contributed by atoms with Crippen LogP contribution in [0.3, 0.4) is 0 Å². The first-order valence-corrected chi connectivity index (χ1v) is 2.63. The summed E-state index contributed by atoms with van der Waals surface area (Å²) >= 11 is 0. The van der Waals surface area contributed by atoms with Gasteiger partial charge in [0, 0.05) is 0 Å². The Balaban J connectivity index is 2.64.